The van der Waals surface area contributed by atoms with Gasteiger partial charge in [-0.25, -0.2) is 17.6 Å². The van der Waals surface area contributed by atoms with Gasteiger partial charge in [-0.3, -0.25) is 19.2 Å². The van der Waals surface area contributed by atoms with Gasteiger partial charge in [0, 0.05) is 129 Å². The van der Waals surface area contributed by atoms with Crippen LogP contribution in [0, 0.1) is 30.2 Å². The third-order valence-electron chi connectivity index (χ3n) is 16.6. The molecule has 12 rings (SSSR count). The average Bonchev–Trinajstić information content (AvgIpc) is 0.709. The summed E-state index contributed by atoms with van der Waals surface area (Å²) in [5.74, 6) is -10.2. The summed E-state index contributed by atoms with van der Waals surface area (Å²) in [4.78, 5) is 62.7. The molecule has 2 fully saturated rings. The van der Waals surface area contributed by atoms with E-state index >= 15 is 9.18 Å². The number of aromatic nitrogens is 2. The van der Waals surface area contributed by atoms with Gasteiger partial charge >= 0.3 is 12.4 Å². The number of pyridine rings is 2. The number of benzene rings is 8. The number of halogens is 10. The van der Waals surface area contributed by atoms with Crippen LogP contribution in [0.1, 0.15) is 110 Å². The molecule has 2 amide bonds. The van der Waals surface area contributed by atoms with Gasteiger partial charge in [0.2, 0.25) is 11.8 Å². The fraction of sp³-hybridized carbons (Fsp3) is 0.309. The maximum absolute atomic E-state index is 15.6. The van der Waals surface area contributed by atoms with Crippen LogP contribution in [0.25, 0.3) is 44.1 Å². The Kier molecular flexibility index (Phi) is 14.9. The summed E-state index contributed by atoms with van der Waals surface area (Å²) in [6.07, 6.45) is -10.4. The number of piperidine rings is 2. The normalized spacial score (nSPS) is 19.8. The Morgan fingerprint density at radius 2 is 1.07 bits per heavy atom. The lowest BCUT2D eigenvalue weighted by Crippen LogP contribution is -2.48. The van der Waals surface area contributed by atoms with Crippen LogP contribution >= 0.6 is 23.5 Å². The molecular formula is C81H78F10N6O6S2. The highest BCUT2D eigenvalue weighted by Gasteiger charge is 2.34. The maximum atomic E-state index is 15.6. The molecule has 0 unspecified atom stereocenters. The molecule has 24 heteroatoms. The number of thioether (sulfide) groups is 2. The number of alkyl halides is 6. The number of methoxy groups -OCH3 is 2. The molecule has 0 saturated carbocycles. The molecule has 105 heavy (non-hydrogen) atoms. The molecule has 0 N–H and O–H groups in total. The van der Waals surface area contributed by atoms with E-state index in [-0.39, 0.29) is 91.2 Å². The smallest absolute Gasteiger partial charge is 0.383 e. The van der Waals surface area contributed by atoms with Gasteiger partial charge in [0.05, 0.1) is 85.1 Å². The molecule has 2 saturated heterocycles. The van der Waals surface area contributed by atoms with Crippen molar-refractivity contribution in [1.29, 1.82) is 0 Å². The molecule has 12 nitrogen and oxygen atoms in total. The standard InChI is InChI=1S/C41H40F5N3O3S.C40H38F5N3O3S/c1-27-6-15-36-34(22-27)37(50)23-39(53-26-31-4-3-5-35(42)40(31)43)49(36)25-38(51)48(33-16-18-47(19-17-33)20-21-52-2)24-28-7-9-29(10-8-28)30-11-13-32(14-12-30)41(44,45)46;1-51-22-21-46-19-17-32(18-20-46)47(24-27-9-11-28(12-10-27)29-13-15-31(16-14-29)40(43,44)45)37(50)25-48-35-8-3-2-6-33(35)36(49)23-38(48)52-26-30-5-4-7-34(41)39(30)42/h3-15,22-23,33H,16-21,24-26H2,1-2H3;2-16,23,32H,17-22,24-26H2,1H3/i2D3,3D,4D,5D,6D,7D,8D,9D,10D,11D,12D,13D,14D,15D,21D2,22D,23D,25D2,26D2;1D3,22D2,25D2,26D2. The topological polar surface area (TPSA) is 110 Å². The number of ether oxygens (including phenoxy) is 2. The number of amides is 2. The first-order chi connectivity index (χ1) is 63.4. The average molecular weight is 1520 g/mol. The minimum absolute atomic E-state index is 0.0201. The molecular weight excluding hydrogens is 1410 g/mol. The third kappa shape index (κ3) is 19.5. The van der Waals surface area contributed by atoms with Crippen molar-refractivity contribution in [3.63, 3.8) is 0 Å². The van der Waals surface area contributed by atoms with Crippen molar-refractivity contribution in [3.05, 3.63) is 270 Å². The van der Waals surface area contributed by atoms with E-state index in [2.05, 4.69) is 9.47 Å². The summed E-state index contributed by atoms with van der Waals surface area (Å²) in [5, 5.41) is -2.78. The summed E-state index contributed by atoms with van der Waals surface area (Å²) in [5.41, 5.74) is -16.9. The number of likely N-dealkylation sites (tertiary alicyclic amines) is 2. The molecule has 0 aliphatic carbocycles. The number of nitrogens with zero attached hydrogens (tertiary/aromatic N) is 6. The van der Waals surface area contributed by atoms with Crippen molar-refractivity contribution < 1.29 is 108 Å². The lowest BCUT2D eigenvalue weighted by atomic mass is 10.00. The van der Waals surface area contributed by atoms with Crippen LogP contribution in [-0.2, 0) is 68.9 Å². The fourth-order valence-electron chi connectivity index (χ4n) is 11.2. The zero-order valence-corrected chi connectivity index (χ0v) is 56.2. The predicted octanol–water partition coefficient (Wildman–Crippen LogP) is 17.1. The molecule has 2 aromatic heterocycles. The molecule has 0 spiro atoms. The van der Waals surface area contributed by atoms with E-state index in [1.807, 2.05) is 0 Å². The molecule has 8 aromatic carbocycles. The highest BCUT2D eigenvalue weighted by atomic mass is 32.2. The zero-order valence-electron chi connectivity index (χ0n) is 87.6. The first-order valence-electron chi connectivity index (χ1n) is 48.0. The monoisotopic (exact) mass is 1520 g/mol. The summed E-state index contributed by atoms with van der Waals surface area (Å²) >= 11 is -0.319. The number of para-hydroxylation sites is 1. The Balaban J connectivity index is 0.000000272. The van der Waals surface area contributed by atoms with E-state index in [1.54, 1.807) is 29.2 Å². The van der Waals surface area contributed by atoms with Gasteiger partial charge in [-0.05, 0) is 127 Å². The number of carbonyl (C=O) groups excluding carboxylic acids is 2. The second-order valence-corrected chi connectivity index (χ2v) is 25.0. The van der Waals surface area contributed by atoms with Gasteiger partial charge < -0.3 is 38.2 Å². The van der Waals surface area contributed by atoms with E-state index in [0.717, 1.165) is 47.9 Å². The molecule has 0 atom stereocenters. The number of hydrogen-bond donors (Lipinski definition) is 0. The van der Waals surface area contributed by atoms with E-state index in [9.17, 15) is 59.4 Å². The molecule has 0 radical (unpaired) electrons. The minimum atomic E-state index is -5.43. The molecule has 2 aliphatic heterocycles. The molecule has 10 aromatic rings. The number of hydrogen-bond acceptors (Lipinski definition) is 10. The van der Waals surface area contributed by atoms with Crippen molar-refractivity contribution in [1.82, 2.24) is 28.7 Å². The van der Waals surface area contributed by atoms with E-state index in [0.29, 0.717) is 21.6 Å². The number of carbonyl (C=O) groups is 2. The SMILES string of the molecule is [2H]C([2H])([2H])OC([2H])([2H])CN1CCC(N(Cc2ccc(-c3ccc(C(F)(F)F)cc3)cc2)C(=O)C([2H])([2H])n2c(SC([2H])([2H])c3cccc(F)c3F)cc(=O)c3ccccc32)CC1.[2H]c1c([2H])c(F)c(F)c(C([2H])([2H])Sc2c([2H])c(=O)c3c([2H])c(C)c([2H])c([2H])c3n2C([2H])([2H])C(=O)N(Cc2c([2H])c([2H])c(-c3c([2H])c([2H])c(C(F)(F)F)c([2H])c3[2H])c([2H])c2[2H])C2CCN(CC([2H])([2H])OC([2H])([2H])[2H])CC2)c1[2H]. The predicted molar refractivity (Wildman–Crippen MR) is 391 cm³/mol. The van der Waals surface area contributed by atoms with E-state index in [1.165, 1.54) is 46.2 Å². The van der Waals surface area contributed by atoms with E-state index < -0.39 is 304 Å². The van der Waals surface area contributed by atoms with Gasteiger partial charge in [0.25, 0.3) is 0 Å². The quantitative estimate of drug-likeness (QED) is 0.0428. The number of rotatable bonds is 24. The Morgan fingerprint density at radius 1 is 0.533 bits per heavy atom. The Bertz CT molecular complexity index is 6480. The first-order valence-corrected chi connectivity index (χ1v) is 33.1. The first kappa shape index (κ1) is 44.8. The van der Waals surface area contributed by atoms with Crippen LogP contribution in [0.3, 0.4) is 0 Å². The second kappa shape index (κ2) is 34.9. The van der Waals surface area contributed by atoms with Crippen LogP contribution in [0.2, 0.25) is 0 Å². The Morgan fingerprint density at radius 3 is 1.66 bits per heavy atom. The third-order valence-corrected chi connectivity index (χ3v) is 18.2. The summed E-state index contributed by atoms with van der Waals surface area (Å²) in [6.45, 7) is -14.2. The minimum Gasteiger partial charge on any atom is -0.383 e. The van der Waals surface area contributed by atoms with Gasteiger partial charge in [-0.1, -0.05) is 121 Å². The molecule has 4 heterocycles. The van der Waals surface area contributed by atoms with E-state index in [4.69, 9.17) is 39.8 Å². The van der Waals surface area contributed by atoms with Crippen molar-refractivity contribution in [3.8, 4) is 22.3 Å². The fourth-order valence-corrected chi connectivity index (χ4v) is 12.7. The van der Waals surface area contributed by atoms with Crippen molar-refractivity contribution in [2.45, 2.75) is 105 Å². The Hall–Kier alpha value is -9.04. The maximum Gasteiger partial charge on any atom is 0.416 e. The van der Waals surface area contributed by atoms with Gasteiger partial charge in [0.15, 0.2) is 34.1 Å². The van der Waals surface area contributed by atoms with Crippen molar-refractivity contribution in [2.75, 3.05) is 66.5 Å². The van der Waals surface area contributed by atoms with Gasteiger partial charge in [-0.15, -0.1) is 23.5 Å². The summed E-state index contributed by atoms with van der Waals surface area (Å²) in [6, 6.07) is -0.980. The van der Waals surface area contributed by atoms with Gasteiger partial charge in [-0.2, -0.15) is 26.3 Å². The lowest BCUT2D eigenvalue weighted by Gasteiger charge is -2.39. The van der Waals surface area contributed by atoms with Crippen LogP contribution in [0.4, 0.5) is 43.9 Å². The molecule has 550 valence electrons. The summed E-state index contributed by atoms with van der Waals surface area (Å²) in [7, 11) is -6.22. The largest absolute Gasteiger partial charge is 0.416 e. The number of fused-ring (bicyclic) bond motifs is 2. The second-order valence-electron chi connectivity index (χ2n) is 23.4. The van der Waals surface area contributed by atoms with Crippen LogP contribution < -0.4 is 10.9 Å². The van der Waals surface area contributed by atoms with Crippen LogP contribution in [0.15, 0.2) is 207 Å². The zero-order chi connectivity index (χ0) is 103. The summed E-state index contributed by atoms with van der Waals surface area (Å²) < 4.78 is 429. The van der Waals surface area contributed by atoms with Crippen molar-refractivity contribution in [2.24, 2.45) is 0 Å². The highest BCUT2D eigenvalue weighted by molar-refractivity contribution is 7.98. The van der Waals surface area contributed by atoms with Crippen LogP contribution in [0.5, 0.6) is 0 Å². The van der Waals surface area contributed by atoms with Crippen molar-refractivity contribution >= 4 is 57.1 Å². The van der Waals surface area contributed by atoms with Gasteiger partial charge in [0.1, 0.15) is 13.0 Å². The molecule has 0 bridgehead atoms. The van der Waals surface area contributed by atoms with Crippen LogP contribution in [-0.4, -0.2) is 119 Å². The highest BCUT2D eigenvalue weighted by Crippen LogP contribution is 2.36. The molecule has 2 aliphatic rings. The Labute approximate surface area is 656 Å². The lowest BCUT2D eigenvalue weighted by molar-refractivity contribution is -0.138.